The quantitative estimate of drug-likeness (QED) is 0.210. The molecule has 26 heavy (non-hydrogen) atoms. The molecule has 1 fully saturated rings. The maximum absolute atomic E-state index is 11.4. The van der Waals surface area contributed by atoms with Crippen molar-refractivity contribution in [2.24, 2.45) is 5.11 Å². The molecule has 12 heteroatoms. The van der Waals surface area contributed by atoms with Crippen LogP contribution in [0.25, 0.3) is 10.4 Å². The number of esters is 4. The Morgan fingerprint density at radius 1 is 0.923 bits per heavy atom. The molecule has 0 aromatic rings. The topological polar surface area (TPSA) is 163 Å². The Morgan fingerprint density at radius 3 is 1.92 bits per heavy atom. The average Bonchev–Trinajstić information content (AvgIpc) is 2.50. The number of nitrogens with zero attached hydrogens (tertiary/aromatic N) is 3. The van der Waals surface area contributed by atoms with E-state index in [2.05, 4.69) is 10.0 Å². The minimum absolute atomic E-state index is 0.380. The van der Waals surface area contributed by atoms with Gasteiger partial charge in [-0.3, -0.25) is 19.2 Å². The minimum Gasteiger partial charge on any atom is -0.463 e. The Bertz CT molecular complexity index is 617. The lowest BCUT2D eigenvalue weighted by Crippen LogP contribution is -2.61. The molecule has 0 saturated carbocycles. The van der Waals surface area contributed by atoms with Crippen molar-refractivity contribution in [1.29, 1.82) is 0 Å². The molecule has 144 valence electrons. The minimum atomic E-state index is -1.46. The Labute approximate surface area is 148 Å². The van der Waals surface area contributed by atoms with E-state index in [4.69, 9.17) is 29.2 Å². The summed E-state index contributed by atoms with van der Waals surface area (Å²) in [5.74, 6) is -2.91. The van der Waals surface area contributed by atoms with E-state index in [-0.39, 0.29) is 6.61 Å². The van der Waals surface area contributed by atoms with Gasteiger partial charge in [-0.25, -0.2) is 0 Å². The van der Waals surface area contributed by atoms with Gasteiger partial charge in [-0.05, 0) is 5.53 Å². The first-order valence-corrected chi connectivity index (χ1v) is 7.50. The van der Waals surface area contributed by atoms with Crippen molar-refractivity contribution in [3.63, 3.8) is 0 Å². The molecule has 5 atom stereocenters. The van der Waals surface area contributed by atoms with Gasteiger partial charge >= 0.3 is 23.9 Å². The molecule has 0 bridgehead atoms. The molecule has 1 rings (SSSR count). The Hall–Kier alpha value is -2.85. The van der Waals surface area contributed by atoms with Gasteiger partial charge < -0.3 is 23.7 Å². The third-order valence-electron chi connectivity index (χ3n) is 3.14. The SMILES string of the molecule is CC(=O)OC[C@H]1O[C@@H](OC(C)=O)[C@H](OC(C)=O)[C@H](N=[N+]=[N-])[C@@H]1OC(C)=O. The van der Waals surface area contributed by atoms with Crippen LogP contribution in [0.1, 0.15) is 27.7 Å². The maximum atomic E-state index is 11.4. The van der Waals surface area contributed by atoms with Gasteiger partial charge in [0.15, 0.2) is 6.10 Å². The van der Waals surface area contributed by atoms with Crippen LogP contribution in [0.3, 0.4) is 0 Å². The molecule has 0 unspecified atom stereocenters. The van der Waals surface area contributed by atoms with Crippen molar-refractivity contribution in [2.45, 2.75) is 58.3 Å². The second kappa shape index (κ2) is 9.59. The van der Waals surface area contributed by atoms with Crippen molar-refractivity contribution in [3.8, 4) is 0 Å². The van der Waals surface area contributed by atoms with Crippen LogP contribution in [-0.2, 0) is 42.9 Å². The molecular formula is C14H19N3O9. The summed E-state index contributed by atoms with van der Waals surface area (Å²) in [6.45, 7) is 4.06. The summed E-state index contributed by atoms with van der Waals surface area (Å²) < 4.78 is 25.5. The number of carbonyl (C=O) groups excluding carboxylic acids is 4. The van der Waals surface area contributed by atoms with Gasteiger partial charge in [-0.15, -0.1) is 0 Å². The van der Waals surface area contributed by atoms with E-state index in [0.29, 0.717) is 0 Å². The molecule has 0 amide bonds. The van der Waals surface area contributed by atoms with Crippen LogP contribution in [0, 0.1) is 0 Å². The van der Waals surface area contributed by atoms with Crippen LogP contribution in [0.4, 0.5) is 0 Å². The van der Waals surface area contributed by atoms with E-state index >= 15 is 0 Å². The fourth-order valence-electron chi connectivity index (χ4n) is 2.33. The van der Waals surface area contributed by atoms with Crippen LogP contribution >= 0.6 is 0 Å². The standard InChI is InChI=1S/C14H19N3O9/c1-6(18)22-5-10-12(23-7(2)19)11(16-17-15)13(24-8(3)20)14(26-10)25-9(4)21/h10-14H,5H2,1-4H3/t10-,11-,12-,13-,14-/m1/s1. The number of rotatable bonds is 6. The third kappa shape index (κ3) is 6.22. The first-order chi connectivity index (χ1) is 12.1. The smallest absolute Gasteiger partial charge is 0.305 e. The first-order valence-electron chi connectivity index (χ1n) is 7.50. The molecule has 0 spiro atoms. The van der Waals surface area contributed by atoms with Crippen molar-refractivity contribution in [3.05, 3.63) is 10.4 Å². The summed E-state index contributed by atoms with van der Waals surface area (Å²) in [5, 5.41) is 3.50. The summed E-state index contributed by atoms with van der Waals surface area (Å²) in [6, 6.07) is -1.29. The highest BCUT2D eigenvalue weighted by Gasteiger charge is 2.51. The van der Waals surface area contributed by atoms with E-state index in [1.165, 1.54) is 0 Å². The van der Waals surface area contributed by atoms with Crippen molar-refractivity contribution >= 4 is 23.9 Å². The van der Waals surface area contributed by atoms with Crippen LogP contribution in [0.15, 0.2) is 5.11 Å². The molecular weight excluding hydrogens is 354 g/mol. The summed E-state index contributed by atoms with van der Waals surface area (Å²) in [4.78, 5) is 47.9. The van der Waals surface area contributed by atoms with Gasteiger partial charge in [-0.1, -0.05) is 5.11 Å². The molecule has 0 aliphatic carbocycles. The molecule has 1 aliphatic heterocycles. The van der Waals surface area contributed by atoms with Crippen molar-refractivity contribution < 1.29 is 42.9 Å². The fraction of sp³-hybridized carbons (Fsp3) is 0.714. The van der Waals surface area contributed by atoms with E-state index in [1.54, 1.807) is 0 Å². The average molecular weight is 373 g/mol. The van der Waals surface area contributed by atoms with E-state index in [1.807, 2.05) is 0 Å². The molecule has 1 saturated heterocycles. The highest BCUT2D eigenvalue weighted by Crippen LogP contribution is 2.29. The zero-order valence-corrected chi connectivity index (χ0v) is 14.6. The lowest BCUT2D eigenvalue weighted by atomic mass is 9.96. The molecule has 1 heterocycles. The van der Waals surface area contributed by atoms with Crippen molar-refractivity contribution in [1.82, 2.24) is 0 Å². The number of hydrogen-bond acceptors (Lipinski definition) is 10. The second-order valence-corrected chi connectivity index (χ2v) is 5.30. The molecule has 1 aliphatic rings. The van der Waals surface area contributed by atoms with Crippen LogP contribution in [-0.4, -0.2) is 61.1 Å². The van der Waals surface area contributed by atoms with Gasteiger partial charge in [-0.2, -0.15) is 0 Å². The zero-order valence-electron chi connectivity index (χ0n) is 14.6. The lowest BCUT2D eigenvalue weighted by molar-refractivity contribution is -0.275. The van der Waals surface area contributed by atoms with Crippen LogP contribution in [0.5, 0.6) is 0 Å². The number of azide groups is 1. The highest BCUT2D eigenvalue weighted by atomic mass is 16.7. The monoisotopic (exact) mass is 373 g/mol. The predicted octanol–water partition coefficient (Wildman–Crippen LogP) is 0.380. The number of ether oxygens (including phenoxy) is 5. The first kappa shape index (κ1) is 21.2. The summed E-state index contributed by atoms with van der Waals surface area (Å²) in [5.41, 5.74) is 8.84. The summed E-state index contributed by atoms with van der Waals surface area (Å²) in [6.07, 6.45) is -5.21. The zero-order chi connectivity index (χ0) is 19.9. The van der Waals surface area contributed by atoms with Crippen LogP contribution in [0.2, 0.25) is 0 Å². The fourth-order valence-corrected chi connectivity index (χ4v) is 2.33. The number of hydrogen-bond donors (Lipinski definition) is 0. The van der Waals surface area contributed by atoms with Crippen LogP contribution < -0.4 is 0 Å². The van der Waals surface area contributed by atoms with Gasteiger partial charge in [0.2, 0.25) is 6.29 Å². The Kier molecular flexibility index (Phi) is 7.81. The molecule has 0 aromatic carbocycles. The predicted molar refractivity (Wildman–Crippen MR) is 81.1 cm³/mol. The van der Waals surface area contributed by atoms with E-state index in [9.17, 15) is 19.2 Å². The van der Waals surface area contributed by atoms with E-state index in [0.717, 1.165) is 27.7 Å². The Morgan fingerprint density at radius 2 is 1.46 bits per heavy atom. The largest absolute Gasteiger partial charge is 0.463 e. The molecule has 12 nitrogen and oxygen atoms in total. The number of carbonyl (C=O) groups is 4. The summed E-state index contributed by atoms with van der Waals surface area (Å²) in [7, 11) is 0. The van der Waals surface area contributed by atoms with Gasteiger partial charge in [0, 0.05) is 32.6 Å². The van der Waals surface area contributed by atoms with Crippen molar-refractivity contribution in [2.75, 3.05) is 6.61 Å². The van der Waals surface area contributed by atoms with E-state index < -0.39 is 54.5 Å². The highest BCUT2D eigenvalue weighted by molar-refractivity contribution is 5.68. The van der Waals surface area contributed by atoms with Gasteiger partial charge in [0.25, 0.3) is 0 Å². The van der Waals surface area contributed by atoms with Gasteiger partial charge in [0.05, 0.1) is 0 Å². The molecule has 0 N–H and O–H groups in total. The van der Waals surface area contributed by atoms with Gasteiger partial charge in [0.1, 0.15) is 24.9 Å². The normalized spacial score (nSPS) is 27.5. The molecule has 0 aromatic heterocycles. The third-order valence-corrected chi connectivity index (χ3v) is 3.14. The summed E-state index contributed by atoms with van der Waals surface area (Å²) >= 11 is 0. The Balaban J connectivity index is 3.27. The second-order valence-electron chi connectivity index (χ2n) is 5.30. The molecule has 0 radical (unpaired) electrons. The lowest BCUT2D eigenvalue weighted by Gasteiger charge is -2.42. The maximum Gasteiger partial charge on any atom is 0.305 e.